The van der Waals surface area contributed by atoms with Crippen molar-refractivity contribution >= 4 is 17.7 Å². The lowest BCUT2D eigenvalue weighted by Crippen LogP contribution is -2.50. The van der Waals surface area contributed by atoms with Gasteiger partial charge in [0.1, 0.15) is 5.69 Å². The van der Waals surface area contributed by atoms with Crippen LogP contribution in [0, 0.1) is 5.92 Å². The molecule has 0 spiro atoms. The van der Waals surface area contributed by atoms with Crippen molar-refractivity contribution in [3.63, 3.8) is 0 Å². The number of pyridine rings is 1. The zero-order chi connectivity index (χ0) is 24.0. The standard InChI is InChI=1S/C28H27N3O4/c32-24-17-35-26-23(31(24)16-18-7-8-18)15-22(19-5-2-1-3-6-19)25(29-26)20-9-11-21(12-10-20)28(13-4-14-28)30-27(33)34/h1-3,5-6,9-12,15,18,30H,4,7-8,13-14,16-17H2,(H,33,34). The van der Waals surface area contributed by atoms with Crippen LogP contribution in [0.5, 0.6) is 5.88 Å². The van der Waals surface area contributed by atoms with E-state index < -0.39 is 11.6 Å². The van der Waals surface area contributed by atoms with E-state index in [4.69, 9.17) is 9.72 Å². The highest BCUT2D eigenvalue weighted by atomic mass is 16.5. The number of carbonyl (C=O) groups excluding carboxylic acids is 1. The molecule has 2 N–H and O–H groups in total. The number of ether oxygens (including phenoxy) is 1. The van der Waals surface area contributed by atoms with Gasteiger partial charge in [-0.2, -0.15) is 0 Å². The van der Waals surface area contributed by atoms with E-state index in [1.807, 2.05) is 65.6 Å². The molecule has 0 unspecified atom stereocenters. The van der Waals surface area contributed by atoms with Crippen LogP contribution in [0.25, 0.3) is 22.4 Å². The van der Waals surface area contributed by atoms with Crippen molar-refractivity contribution in [2.45, 2.75) is 37.6 Å². The van der Waals surface area contributed by atoms with Crippen molar-refractivity contribution in [3.8, 4) is 28.3 Å². The quantitative estimate of drug-likeness (QED) is 0.518. The molecule has 2 heterocycles. The maximum atomic E-state index is 12.7. The summed E-state index contributed by atoms with van der Waals surface area (Å²) in [6.07, 6.45) is 3.90. The van der Waals surface area contributed by atoms with E-state index in [9.17, 15) is 14.7 Å². The molecule has 35 heavy (non-hydrogen) atoms. The molecular weight excluding hydrogens is 442 g/mol. The number of hydrogen-bond acceptors (Lipinski definition) is 4. The number of anilines is 1. The van der Waals surface area contributed by atoms with Crippen molar-refractivity contribution in [1.29, 1.82) is 0 Å². The average Bonchev–Trinajstić information content (AvgIpc) is 3.67. The van der Waals surface area contributed by atoms with E-state index in [2.05, 4.69) is 5.32 Å². The molecule has 0 bridgehead atoms. The third-order valence-electron chi connectivity index (χ3n) is 7.38. The van der Waals surface area contributed by atoms with Gasteiger partial charge in [-0.1, -0.05) is 54.6 Å². The molecule has 0 saturated heterocycles. The van der Waals surface area contributed by atoms with Crippen molar-refractivity contribution in [2.24, 2.45) is 5.92 Å². The van der Waals surface area contributed by atoms with Crippen LogP contribution < -0.4 is 15.0 Å². The monoisotopic (exact) mass is 469 g/mol. The van der Waals surface area contributed by atoms with Crippen LogP contribution in [0.4, 0.5) is 10.5 Å². The van der Waals surface area contributed by atoms with Crippen LogP contribution in [0.15, 0.2) is 60.7 Å². The minimum Gasteiger partial charge on any atom is -0.466 e. The SMILES string of the molecule is O=C(O)NC1(c2ccc(-c3nc4c(cc3-c3ccccc3)N(CC3CC3)C(=O)CO4)cc2)CCC1. The highest BCUT2D eigenvalue weighted by Crippen LogP contribution is 2.44. The molecule has 2 amide bonds. The van der Waals surface area contributed by atoms with E-state index in [-0.39, 0.29) is 12.5 Å². The van der Waals surface area contributed by atoms with Crippen LogP contribution in [0.2, 0.25) is 0 Å². The topological polar surface area (TPSA) is 91.8 Å². The van der Waals surface area contributed by atoms with Gasteiger partial charge < -0.3 is 20.1 Å². The van der Waals surface area contributed by atoms with Gasteiger partial charge in [0.15, 0.2) is 6.61 Å². The lowest BCUT2D eigenvalue weighted by atomic mass is 9.71. The zero-order valence-corrected chi connectivity index (χ0v) is 19.4. The number of rotatable bonds is 6. The van der Waals surface area contributed by atoms with E-state index in [1.165, 1.54) is 0 Å². The molecule has 178 valence electrons. The van der Waals surface area contributed by atoms with Crippen LogP contribution in [-0.4, -0.2) is 35.2 Å². The Hall–Kier alpha value is -3.87. The largest absolute Gasteiger partial charge is 0.466 e. The number of hydrogen-bond donors (Lipinski definition) is 2. The number of carboxylic acid groups (broad SMARTS) is 1. The molecule has 3 aliphatic rings. The van der Waals surface area contributed by atoms with Crippen LogP contribution >= 0.6 is 0 Å². The van der Waals surface area contributed by atoms with Crippen LogP contribution in [0.1, 0.15) is 37.7 Å². The molecule has 2 aliphatic carbocycles. The predicted molar refractivity (Wildman–Crippen MR) is 132 cm³/mol. The fourth-order valence-corrected chi connectivity index (χ4v) is 5.11. The van der Waals surface area contributed by atoms with Gasteiger partial charge in [-0.05, 0) is 55.2 Å². The number of nitrogens with zero attached hydrogens (tertiary/aromatic N) is 2. The zero-order valence-electron chi connectivity index (χ0n) is 19.4. The van der Waals surface area contributed by atoms with Gasteiger partial charge >= 0.3 is 6.09 Å². The van der Waals surface area contributed by atoms with Gasteiger partial charge in [0, 0.05) is 17.7 Å². The summed E-state index contributed by atoms with van der Waals surface area (Å²) >= 11 is 0. The molecule has 1 aromatic heterocycles. The summed E-state index contributed by atoms with van der Waals surface area (Å²) in [5.74, 6) is 1.00. The first-order valence-corrected chi connectivity index (χ1v) is 12.2. The van der Waals surface area contributed by atoms with Crippen molar-refractivity contribution in [1.82, 2.24) is 10.3 Å². The first-order chi connectivity index (χ1) is 17.0. The second-order valence-corrected chi connectivity index (χ2v) is 9.75. The Labute approximate surface area is 203 Å². The third-order valence-corrected chi connectivity index (χ3v) is 7.38. The minimum atomic E-state index is -1.00. The summed E-state index contributed by atoms with van der Waals surface area (Å²) in [4.78, 5) is 30.8. The van der Waals surface area contributed by atoms with E-state index in [0.717, 1.165) is 65.7 Å². The Morgan fingerprint density at radius 3 is 2.46 bits per heavy atom. The van der Waals surface area contributed by atoms with Crippen molar-refractivity contribution < 1.29 is 19.4 Å². The Morgan fingerprint density at radius 2 is 1.83 bits per heavy atom. The van der Waals surface area contributed by atoms with Gasteiger partial charge in [-0.3, -0.25) is 4.79 Å². The van der Waals surface area contributed by atoms with E-state index in [1.54, 1.807) is 0 Å². The maximum absolute atomic E-state index is 12.7. The van der Waals surface area contributed by atoms with Gasteiger partial charge in [0.2, 0.25) is 5.88 Å². The lowest BCUT2D eigenvalue weighted by Gasteiger charge is -2.42. The molecule has 3 aromatic rings. The van der Waals surface area contributed by atoms with Gasteiger partial charge in [0.25, 0.3) is 5.91 Å². The summed E-state index contributed by atoms with van der Waals surface area (Å²) in [5, 5.41) is 12.0. The smallest absolute Gasteiger partial charge is 0.405 e. The number of nitrogens with one attached hydrogen (secondary N) is 1. The average molecular weight is 470 g/mol. The molecule has 7 heteroatoms. The summed E-state index contributed by atoms with van der Waals surface area (Å²) in [6.45, 7) is 0.705. The number of fused-ring (bicyclic) bond motifs is 1. The minimum absolute atomic E-state index is 0.000834. The van der Waals surface area contributed by atoms with Gasteiger partial charge in [-0.15, -0.1) is 0 Å². The fourth-order valence-electron chi connectivity index (χ4n) is 5.11. The molecular formula is C28H27N3O4. The van der Waals surface area contributed by atoms with Crippen molar-refractivity contribution in [3.05, 3.63) is 66.2 Å². The first-order valence-electron chi connectivity index (χ1n) is 12.2. The van der Waals surface area contributed by atoms with E-state index >= 15 is 0 Å². The Bertz CT molecular complexity index is 1280. The summed E-state index contributed by atoms with van der Waals surface area (Å²) in [7, 11) is 0. The normalized spacial score (nSPS) is 18.3. The summed E-state index contributed by atoms with van der Waals surface area (Å²) in [6, 6.07) is 20.0. The maximum Gasteiger partial charge on any atom is 0.405 e. The second kappa shape index (κ2) is 8.41. The van der Waals surface area contributed by atoms with E-state index in [0.29, 0.717) is 18.3 Å². The molecule has 2 aromatic carbocycles. The molecule has 1 aliphatic heterocycles. The highest BCUT2D eigenvalue weighted by molar-refractivity contribution is 5.99. The Balaban J connectivity index is 1.43. The molecule has 2 saturated carbocycles. The molecule has 2 fully saturated rings. The highest BCUT2D eigenvalue weighted by Gasteiger charge is 2.40. The molecule has 0 radical (unpaired) electrons. The Morgan fingerprint density at radius 1 is 1.09 bits per heavy atom. The molecule has 0 atom stereocenters. The Kier molecular flexibility index (Phi) is 5.20. The number of aromatic nitrogens is 1. The fraction of sp³-hybridized carbons (Fsp3) is 0.321. The van der Waals surface area contributed by atoms with Crippen molar-refractivity contribution in [2.75, 3.05) is 18.1 Å². The number of benzene rings is 2. The lowest BCUT2D eigenvalue weighted by molar-refractivity contribution is -0.121. The molecule has 7 nitrogen and oxygen atoms in total. The third kappa shape index (κ3) is 4.01. The molecule has 6 rings (SSSR count). The second-order valence-electron chi connectivity index (χ2n) is 9.75. The van der Waals surface area contributed by atoms with Crippen LogP contribution in [0.3, 0.4) is 0 Å². The summed E-state index contributed by atoms with van der Waals surface area (Å²) < 4.78 is 5.79. The van der Waals surface area contributed by atoms with Crippen LogP contribution in [-0.2, 0) is 10.3 Å². The number of carbonyl (C=O) groups is 2. The first kappa shape index (κ1) is 21.6. The summed E-state index contributed by atoms with van der Waals surface area (Å²) in [5.41, 5.74) is 4.80. The number of amides is 2. The van der Waals surface area contributed by atoms with Gasteiger partial charge in [0.05, 0.1) is 11.2 Å². The predicted octanol–water partition coefficient (Wildman–Crippen LogP) is 5.20. The van der Waals surface area contributed by atoms with Gasteiger partial charge in [-0.25, -0.2) is 9.78 Å².